The van der Waals surface area contributed by atoms with E-state index in [-0.39, 0.29) is 11.9 Å². The van der Waals surface area contributed by atoms with Gasteiger partial charge in [-0.2, -0.15) is 0 Å². The second-order valence-corrected chi connectivity index (χ2v) is 6.98. The predicted octanol–water partition coefficient (Wildman–Crippen LogP) is 2.62. The molecule has 0 aliphatic carbocycles. The standard InChI is InChI=1S/C24H26N2O2/c1-26(17-19-9-5-3-6-10-19)18-23(27)25-24(20-11-7-4-8-12-20)21-13-15-22(28-2)16-14-21/h3-16,24H,17-18H2,1-2H3,(H,25,27)/p+1/t24-/m1/s1. The van der Waals surface area contributed by atoms with Crippen LogP contribution in [0.15, 0.2) is 84.9 Å². The van der Waals surface area contributed by atoms with Gasteiger partial charge in [-0.1, -0.05) is 72.8 Å². The van der Waals surface area contributed by atoms with E-state index in [0.29, 0.717) is 6.54 Å². The quantitative estimate of drug-likeness (QED) is 0.636. The fourth-order valence-electron chi connectivity index (χ4n) is 3.29. The monoisotopic (exact) mass is 375 g/mol. The van der Waals surface area contributed by atoms with E-state index >= 15 is 0 Å². The summed E-state index contributed by atoms with van der Waals surface area (Å²) in [5.41, 5.74) is 3.31. The third-order valence-corrected chi connectivity index (χ3v) is 4.70. The summed E-state index contributed by atoms with van der Waals surface area (Å²) in [6, 6.07) is 27.9. The molecule has 2 N–H and O–H groups in total. The number of carbonyl (C=O) groups excluding carboxylic acids is 1. The average molecular weight is 375 g/mol. The van der Waals surface area contributed by atoms with E-state index in [0.717, 1.165) is 28.3 Å². The van der Waals surface area contributed by atoms with Crippen molar-refractivity contribution < 1.29 is 14.4 Å². The minimum absolute atomic E-state index is 0.0260. The number of amides is 1. The minimum Gasteiger partial charge on any atom is -0.497 e. The van der Waals surface area contributed by atoms with Gasteiger partial charge in [0.05, 0.1) is 20.2 Å². The average Bonchev–Trinajstić information content (AvgIpc) is 2.73. The number of hydrogen-bond donors (Lipinski definition) is 2. The molecule has 0 radical (unpaired) electrons. The Morgan fingerprint density at radius 3 is 2.07 bits per heavy atom. The molecule has 0 heterocycles. The molecule has 3 aromatic carbocycles. The Balaban J connectivity index is 1.70. The number of nitrogens with one attached hydrogen (secondary N) is 2. The van der Waals surface area contributed by atoms with Crippen LogP contribution in [0.1, 0.15) is 22.7 Å². The van der Waals surface area contributed by atoms with E-state index < -0.39 is 0 Å². The third-order valence-electron chi connectivity index (χ3n) is 4.70. The normalized spacial score (nSPS) is 12.8. The zero-order valence-corrected chi connectivity index (χ0v) is 16.4. The number of ether oxygens (including phenoxy) is 1. The maximum absolute atomic E-state index is 12.8. The molecule has 3 rings (SSSR count). The number of quaternary nitrogens is 1. The summed E-state index contributed by atoms with van der Waals surface area (Å²) >= 11 is 0. The zero-order chi connectivity index (χ0) is 19.8. The van der Waals surface area contributed by atoms with Crippen molar-refractivity contribution in [2.75, 3.05) is 20.7 Å². The molecule has 0 spiro atoms. The van der Waals surface area contributed by atoms with Gasteiger partial charge in [-0.3, -0.25) is 4.79 Å². The molecule has 0 aliphatic rings. The summed E-state index contributed by atoms with van der Waals surface area (Å²) in [5, 5.41) is 3.20. The molecule has 0 aliphatic heterocycles. The molecule has 4 nitrogen and oxygen atoms in total. The van der Waals surface area contributed by atoms with E-state index in [1.165, 1.54) is 5.56 Å². The van der Waals surface area contributed by atoms with Crippen LogP contribution in [-0.2, 0) is 11.3 Å². The van der Waals surface area contributed by atoms with Crippen LogP contribution in [0.4, 0.5) is 0 Å². The van der Waals surface area contributed by atoms with Crippen molar-refractivity contribution in [1.82, 2.24) is 5.32 Å². The zero-order valence-electron chi connectivity index (χ0n) is 16.4. The van der Waals surface area contributed by atoms with Crippen molar-refractivity contribution >= 4 is 5.91 Å². The van der Waals surface area contributed by atoms with E-state index in [4.69, 9.17) is 4.74 Å². The molecule has 2 atom stereocenters. The van der Waals surface area contributed by atoms with Gasteiger partial charge in [0, 0.05) is 5.56 Å². The first kappa shape index (κ1) is 19.6. The van der Waals surface area contributed by atoms with Crippen LogP contribution in [0.2, 0.25) is 0 Å². The molecule has 0 fully saturated rings. The topological polar surface area (TPSA) is 42.8 Å². The number of carbonyl (C=O) groups is 1. The highest BCUT2D eigenvalue weighted by atomic mass is 16.5. The van der Waals surface area contributed by atoms with Crippen molar-refractivity contribution in [2.24, 2.45) is 0 Å². The summed E-state index contributed by atoms with van der Waals surface area (Å²) in [4.78, 5) is 13.9. The van der Waals surface area contributed by atoms with E-state index in [2.05, 4.69) is 17.4 Å². The minimum atomic E-state index is -0.191. The van der Waals surface area contributed by atoms with Crippen LogP contribution < -0.4 is 15.0 Å². The Labute approximate surface area is 166 Å². The fraction of sp³-hybridized carbons (Fsp3) is 0.208. The predicted molar refractivity (Wildman–Crippen MR) is 111 cm³/mol. The molecular weight excluding hydrogens is 348 g/mol. The first-order valence-corrected chi connectivity index (χ1v) is 9.49. The first-order valence-electron chi connectivity index (χ1n) is 9.49. The molecule has 0 bridgehead atoms. The molecular formula is C24H27N2O2+. The SMILES string of the molecule is COc1ccc([C@H](NC(=O)C[NH+](C)Cc2ccccc2)c2ccccc2)cc1. The van der Waals surface area contributed by atoms with Gasteiger partial charge in [0.25, 0.3) is 5.91 Å². The lowest BCUT2D eigenvalue weighted by Gasteiger charge is -2.21. The molecule has 1 amide bonds. The Morgan fingerprint density at radius 1 is 0.893 bits per heavy atom. The fourth-order valence-corrected chi connectivity index (χ4v) is 3.29. The van der Waals surface area contributed by atoms with Crippen LogP contribution in [0.3, 0.4) is 0 Å². The van der Waals surface area contributed by atoms with Gasteiger partial charge < -0.3 is 15.0 Å². The smallest absolute Gasteiger partial charge is 0.275 e. The third kappa shape index (κ3) is 5.44. The molecule has 144 valence electrons. The van der Waals surface area contributed by atoms with E-state index in [9.17, 15) is 4.79 Å². The van der Waals surface area contributed by atoms with Crippen LogP contribution >= 0.6 is 0 Å². The summed E-state index contributed by atoms with van der Waals surface area (Å²) < 4.78 is 5.25. The number of benzene rings is 3. The van der Waals surface area contributed by atoms with Crippen LogP contribution in [-0.4, -0.2) is 26.6 Å². The lowest BCUT2D eigenvalue weighted by atomic mass is 9.98. The Hall–Kier alpha value is -3.11. The van der Waals surface area contributed by atoms with Crippen LogP contribution in [0.25, 0.3) is 0 Å². The Bertz CT molecular complexity index is 864. The van der Waals surface area contributed by atoms with Crippen LogP contribution in [0, 0.1) is 0 Å². The van der Waals surface area contributed by atoms with Crippen molar-refractivity contribution in [3.05, 3.63) is 102 Å². The lowest BCUT2D eigenvalue weighted by molar-refractivity contribution is -0.885. The van der Waals surface area contributed by atoms with E-state index in [1.54, 1.807) is 7.11 Å². The molecule has 1 unspecified atom stereocenters. The van der Waals surface area contributed by atoms with Crippen molar-refractivity contribution in [3.8, 4) is 5.75 Å². The molecule has 28 heavy (non-hydrogen) atoms. The largest absolute Gasteiger partial charge is 0.497 e. The maximum atomic E-state index is 12.8. The van der Waals surface area contributed by atoms with E-state index in [1.807, 2.05) is 79.8 Å². The van der Waals surface area contributed by atoms with Gasteiger partial charge in [0.15, 0.2) is 6.54 Å². The lowest BCUT2D eigenvalue weighted by Crippen LogP contribution is -3.08. The highest BCUT2D eigenvalue weighted by molar-refractivity contribution is 5.78. The molecule has 3 aromatic rings. The van der Waals surface area contributed by atoms with Gasteiger partial charge in [0.2, 0.25) is 0 Å². The van der Waals surface area contributed by atoms with Gasteiger partial charge in [-0.15, -0.1) is 0 Å². The maximum Gasteiger partial charge on any atom is 0.275 e. The molecule has 0 saturated heterocycles. The highest BCUT2D eigenvalue weighted by Gasteiger charge is 2.19. The number of likely N-dealkylation sites (N-methyl/N-ethyl adjacent to an activating group) is 1. The summed E-state index contributed by atoms with van der Waals surface area (Å²) in [6.45, 7) is 1.22. The van der Waals surface area contributed by atoms with Crippen molar-refractivity contribution in [2.45, 2.75) is 12.6 Å². The van der Waals surface area contributed by atoms with Gasteiger partial charge >= 0.3 is 0 Å². The summed E-state index contributed by atoms with van der Waals surface area (Å²) in [6.07, 6.45) is 0. The molecule has 0 saturated carbocycles. The van der Waals surface area contributed by atoms with Gasteiger partial charge in [-0.25, -0.2) is 0 Å². The first-order chi connectivity index (χ1) is 13.7. The Morgan fingerprint density at radius 2 is 1.46 bits per heavy atom. The molecule has 0 aromatic heterocycles. The summed E-state index contributed by atoms with van der Waals surface area (Å²) in [7, 11) is 3.69. The van der Waals surface area contributed by atoms with Crippen molar-refractivity contribution in [3.63, 3.8) is 0 Å². The van der Waals surface area contributed by atoms with Gasteiger partial charge in [-0.05, 0) is 23.3 Å². The number of methoxy groups -OCH3 is 1. The molecule has 4 heteroatoms. The van der Waals surface area contributed by atoms with Gasteiger partial charge in [0.1, 0.15) is 12.3 Å². The van der Waals surface area contributed by atoms with Crippen molar-refractivity contribution in [1.29, 1.82) is 0 Å². The number of rotatable bonds is 8. The number of hydrogen-bond acceptors (Lipinski definition) is 2. The Kier molecular flexibility index (Phi) is 6.82. The second-order valence-electron chi connectivity index (χ2n) is 6.98. The second kappa shape index (κ2) is 9.72. The van der Waals surface area contributed by atoms with Crippen LogP contribution in [0.5, 0.6) is 5.75 Å². The highest BCUT2D eigenvalue weighted by Crippen LogP contribution is 2.24. The summed E-state index contributed by atoms with van der Waals surface area (Å²) in [5.74, 6) is 0.826.